The van der Waals surface area contributed by atoms with Gasteiger partial charge in [0.15, 0.2) is 0 Å². The molecule has 0 aliphatic heterocycles. The van der Waals surface area contributed by atoms with Gasteiger partial charge in [-0.1, -0.05) is 0 Å². The summed E-state index contributed by atoms with van der Waals surface area (Å²) in [7, 11) is 0. The van der Waals surface area contributed by atoms with Crippen molar-refractivity contribution < 1.29 is 14.7 Å². The first-order chi connectivity index (χ1) is 9.27. The lowest BCUT2D eigenvalue weighted by Gasteiger charge is -2.26. The van der Waals surface area contributed by atoms with Gasteiger partial charge in [-0.2, -0.15) is 0 Å². The van der Waals surface area contributed by atoms with Crippen molar-refractivity contribution in [2.75, 3.05) is 12.8 Å². The van der Waals surface area contributed by atoms with Crippen LogP contribution in [-0.4, -0.2) is 50.7 Å². The molecule has 0 bridgehead atoms. The molecule has 1 aromatic rings. The number of thioether (sulfide) groups is 1. The number of carboxylic acid groups (broad SMARTS) is 1. The molecular formula is C13H19N3O3S. The Kier molecular flexibility index (Phi) is 5.50. The maximum Gasteiger partial charge on any atom is 0.323 e. The lowest BCUT2D eigenvalue weighted by molar-refractivity contribution is -0.138. The first-order valence-corrected chi connectivity index (χ1v) is 7.42. The molecule has 1 aromatic heterocycles. The van der Waals surface area contributed by atoms with Crippen LogP contribution in [0.2, 0.25) is 0 Å². The van der Waals surface area contributed by atoms with Gasteiger partial charge >= 0.3 is 5.97 Å². The summed E-state index contributed by atoms with van der Waals surface area (Å²) in [5.41, 5.74) is 0.959. The molecule has 0 fully saturated rings. The number of aliphatic carboxylic acids is 1. The van der Waals surface area contributed by atoms with Gasteiger partial charge in [-0.25, -0.2) is 9.97 Å². The largest absolute Gasteiger partial charge is 0.480 e. The van der Waals surface area contributed by atoms with Crippen molar-refractivity contribution in [1.29, 1.82) is 0 Å². The summed E-state index contributed by atoms with van der Waals surface area (Å²) in [4.78, 5) is 33.3. The van der Waals surface area contributed by atoms with E-state index in [-0.39, 0.29) is 18.5 Å². The molecule has 20 heavy (non-hydrogen) atoms. The van der Waals surface area contributed by atoms with Gasteiger partial charge in [0.2, 0.25) is 0 Å². The van der Waals surface area contributed by atoms with Crippen molar-refractivity contribution in [3.05, 3.63) is 17.1 Å². The average Bonchev–Trinajstić information content (AvgIpc) is 2.33. The van der Waals surface area contributed by atoms with Crippen LogP contribution < -0.4 is 0 Å². The zero-order chi connectivity index (χ0) is 15.4. The molecule has 1 rings (SSSR count). The highest BCUT2D eigenvalue weighted by molar-refractivity contribution is 7.98. The highest BCUT2D eigenvalue weighted by Crippen LogP contribution is 2.22. The summed E-state index contributed by atoms with van der Waals surface area (Å²) in [5, 5.41) is 9.52. The summed E-state index contributed by atoms with van der Waals surface area (Å²) < 4.78 is 0. The third kappa shape index (κ3) is 3.69. The van der Waals surface area contributed by atoms with Gasteiger partial charge in [0, 0.05) is 6.04 Å². The minimum Gasteiger partial charge on any atom is -0.480 e. The molecule has 0 unspecified atom stereocenters. The Morgan fingerprint density at radius 3 is 2.35 bits per heavy atom. The fraction of sp³-hybridized carbons (Fsp3) is 0.538. The molecule has 0 aliphatic rings. The molecule has 6 nitrogen and oxygen atoms in total. The van der Waals surface area contributed by atoms with Gasteiger partial charge in [0.25, 0.3) is 5.91 Å². The van der Waals surface area contributed by atoms with Crippen LogP contribution in [0.15, 0.2) is 5.03 Å². The molecule has 0 saturated heterocycles. The van der Waals surface area contributed by atoms with E-state index in [1.807, 2.05) is 6.26 Å². The monoisotopic (exact) mass is 297 g/mol. The topological polar surface area (TPSA) is 83.4 Å². The van der Waals surface area contributed by atoms with Crippen molar-refractivity contribution in [3.8, 4) is 0 Å². The Bertz CT molecular complexity index is 532. The number of aromatic nitrogens is 2. The number of hydrogen-bond acceptors (Lipinski definition) is 5. The van der Waals surface area contributed by atoms with Crippen molar-refractivity contribution in [2.45, 2.75) is 38.8 Å². The van der Waals surface area contributed by atoms with Gasteiger partial charge in [0.05, 0.1) is 11.3 Å². The zero-order valence-electron chi connectivity index (χ0n) is 12.3. The number of nitrogens with zero attached hydrogens (tertiary/aromatic N) is 3. The molecule has 1 N–H and O–H groups in total. The van der Waals surface area contributed by atoms with E-state index in [0.29, 0.717) is 22.1 Å². The number of amides is 1. The van der Waals surface area contributed by atoms with Gasteiger partial charge in [-0.15, -0.1) is 11.8 Å². The number of carbonyl (C=O) groups is 2. The fourth-order valence-electron chi connectivity index (χ4n) is 1.85. The van der Waals surface area contributed by atoms with E-state index in [9.17, 15) is 9.59 Å². The van der Waals surface area contributed by atoms with Crippen LogP contribution in [0.1, 0.15) is 35.7 Å². The van der Waals surface area contributed by atoms with Gasteiger partial charge in [0.1, 0.15) is 17.4 Å². The molecule has 1 amide bonds. The van der Waals surface area contributed by atoms with Crippen LogP contribution in [0.4, 0.5) is 0 Å². The van der Waals surface area contributed by atoms with Crippen LogP contribution in [0.3, 0.4) is 0 Å². The second kappa shape index (κ2) is 6.69. The van der Waals surface area contributed by atoms with Gasteiger partial charge in [-0.05, 0) is 34.0 Å². The summed E-state index contributed by atoms with van der Waals surface area (Å²) in [6, 6.07) is -0.214. The fourth-order valence-corrected chi connectivity index (χ4v) is 2.52. The lowest BCUT2D eigenvalue weighted by Crippen LogP contribution is -2.41. The number of rotatable bonds is 5. The molecule has 7 heteroatoms. The third-order valence-electron chi connectivity index (χ3n) is 2.77. The predicted molar refractivity (Wildman–Crippen MR) is 77.1 cm³/mol. The van der Waals surface area contributed by atoms with Gasteiger partial charge < -0.3 is 10.0 Å². The number of aryl methyl sites for hydroxylation is 2. The smallest absolute Gasteiger partial charge is 0.323 e. The highest BCUT2D eigenvalue weighted by Gasteiger charge is 2.26. The van der Waals surface area contributed by atoms with Crippen molar-refractivity contribution >= 4 is 23.6 Å². The summed E-state index contributed by atoms with van der Waals surface area (Å²) >= 11 is 1.35. The first kappa shape index (κ1) is 16.4. The van der Waals surface area contributed by atoms with Crippen LogP contribution in [0, 0.1) is 13.8 Å². The Hall–Kier alpha value is -1.63. The van der Waals surface area contributed by atoms with Crippen LogP contribution in [0.5, 0.6) is 0 Å². The minimum atomic E-state index is -1.04. The molecular weight excluding hydrogens is 278 g/mol. The lowest BCUT2D eigenvalue weighted by atomic mass is 10.2. The Balaban J connectivity index is 3.27. The third-order valence-corrected chi connectivity index (χ3v) is 3.45. The molecule has 0 aromatic carbocycles. The summed E-state index contributed by atoms with van der Waals surface area (Å²) in [5.74, 6) is -0.787. The highest BCUT2D eigenvalue weighted by atomic mass is 32.2. The van der Waals surface area contributed by atoms with Gasteiger partial charge in [-0.3, -0.25) is 9.59 Å². The Labute approximate surface area is 122 Å². The molecule has 0 saturated carbocycles. The summed E-state index contributed by atoms with van der Waals surface area (Å²) in [6.07, 6.45) is 1.83. The second-order valence-electron chi connectivity index (χ2n) is 4.66. The van der Waals surface area contributed by atoms with Crippen molar-refractivity contribution in [2.24, 2.45) is 0 Å². The van der Waals surface area contributed by atoms with E-state index in [2.05, 4.69) is 9.97 Å². The van der Waals surface area contributed by atoms with Crippen LogP contribution in [-0.2, 0) is 4.79 Å². The number of carboxylic acids is 1. The van der Waals surface area contributed by atoms with E-state index < -0.39 is 5.97 Å². The average molecular weight is 297 g/mol. The first-order valence-electron chi connectivity index (χ1n) is 6.19. The summed E-state index contributed by atoms with van der Waals surface area (Å²) in [6.45, 7) is 6.73. The maximum atomic E-state index is 12.6. The van der Waals surface area contributed by atoms with E-state index in [1.165, 1.54) is 16.7 Å². The molecule has 0 spiro atoms. The molecule has 110 valence electrons. The van der Waals surface area contributed by atoms with E-state index >= 15 is 0 Å². The number of hydrogen-bond donors (Lipinski definition) is 1. The molecule has 0 atom stereocenters. The molecule has 0 aliphatic carbocycles. The van der Waals surface area contributed by atoms with E-state index in [1.54, 1.807) is 27.7 Å². The normalized spacial score (nSPS) is 10.7. The molecule has 1 heterocycles. The SMILES string of the molecule is CSc1nc(C)nc(C)c1C(=O)N(CC(=O)O)C(C)C. The zero-order valence-corrected chi connectivity index (χ0v) is 13.1. The quantitative estimate of drug-likeness (QED) is 0.658. The van der Waals surface area contributed by atoms with E-state index in [0.717, 1.165) is 0 Å². The van der Waals surface area contributed by atoms with E-state index in [4.69, 9.17) is 5.11 Å². The Morgan fingerprint density at radius 2 is 1.90 bits per heavy atom. The van der Waals surface area contributed by atoms with Crippen LogP contribution in [0.25, 0.3) is 0 Å². The minimum absolute atomic E-state index is 0.214. The predicted octanol–water partition coefficient (Wildman–Crippen LogP) is 1.75. The Morgan fingerprint density at radius 1 is 1.30 bits per heavy atom. The maximum absolute atomic E-state index is 12.6. The number of carbonyl (C=O) groups excluding carboxylic acids is 1. The van der Waals surface area contributed by atoms with Crippen LogP contribution >= 0.6 is 11.8 Å². The van der Waals surface area contributed by atoms with Crippen molar-refractivity contribution in [1.82, 2.24) is 14.9 Å². The molecule has 0 radical (unpaired) electrons. The standard InChI is InChI=1S/C13H19N3O3S/c1-7(2)16(6-10(17)18)13(19)11-8(3)14-9(4)15-12(11)20-5/h7H,6H2,1-5H3,(H,17,18). The second-order valence-corrected chi connectivity index (χ2v) is 5.46. The van der Waals surface area contributed by atoms with Crippen molar-refractivity contribution in [3.63, 3.8) is 0 Å².